The lowest BCUT2D eigenvalue weighted by atomic mass is 9.95. The lowest BCUT2D eigenvalue weighted by Crippen LogP contribution is -2.05. The maximum atomic E-state index is 5.49. The van der Waals surface area contributed by atoms with Gasteiger partial charge in [0.2, 0.25) is 0 Å². The number of benzene rings is 8. The van der Waals surface area contributed by atoms with E-state index >= 15 is 0 Å². The number of nitrogens with zero attached hydrogens (tertiary/aromatic N) is 3. The van der Waals surface area contributed by atoms with Gasteiger partial charge in [0.15, 0.2) is 5.84 Å². The lowest BCUT2D eigenvalue weighted by Gasteiger charge is -2.13. The van der Waals surface area contributed by atoms with Crippen LogP contribution in [0.2, 0.25) is 0 Å². The Morgan fingerprint density at radius 1 is 0.400 bits per heavy atom. The first-order valence-electron chi connectivity index (χ1n) is 17.2. The first-order valence-corrected chi connectivity index (χ1v) is 17.2. The summed E-state index contributed by atoms with van der Waals surface area (Å²) in [4.78, 5) is 10.8. The Bertz CT molecular complexity index is 2860. The van der Waals surface area contributed by atoms with E-state index in [2.05, 4.69) is 181 Å². The summed E-state index contributed by atoms with van der Waals surface area (Å²) in [5, 5.41) is 9.92. The van der Waals surface area contributed by atoms with Crippen molar-refractivity contribution in [3.63, 3.8) is 0 Å². The number of amidine groups is 1. The van der Waals surface area contributed by atoms with Crippen LogP contribution in [0.4, 0.5) is 0 Å². The van der Waals surface area contributed by atoms with E-state index in [4.69, 9.17) is 9.98 Å². The fourth-order valence-electron chi connectivity index (χ4n) is 7.74. The molecule has 0 fully saturated rings. The van der Waals surface area contributed by atoms with Gasteiger partial charge in [-0.3, -0.25) is 4.57 Å². The Morgan fingerprint density at radius 2 is 0.960 bits per heavy atom. The molecule has 3 nitrogen and oxygen atoms in total. The van der Waals surface area contributed by atoms with Crippen molar-refractivity contribution in [2.45, 2.75) is 6.42 Å². The molecule has 50 heavy (non-hydrogen) atoms. The quantitative estimate of drug-likeness (QED) is 0.172. The molecule has 0 saturated heterocycles. The zero-order valence-corrected chi connectivity index (χ0v) is 27.3. The molecule has 2 heterocycles. The summed E-state index contributed by atoms with van der Waals surface area (Å²) in [6.07, 6.45) is 2.91. The molecule has 0 aliphatic carbocycles. The van der Waals surface area contributed by atoms with Crippen LogP contribution in [-0.4, -0.2) is 16.1 Å². The monoisotopic (exact) mass is 637 g/mol. The molecule has 1 aliphatic rings. The van der Waals surface area contributed by atoms with Crippen LogP contribution in [0.3, 0.4) is 0 Å². The second kappa shape index (κ2) is 11.5. The lowest BCUT2D eigenvalue weighted by molar-refractivity contribution is 1.17. The molecule has 0 amide bonds. The number of aromatic nitrogens is 1. The van der Waals surface area contributed by atoms with Crippen LogP contribution in [0.15, 0.2) is 186 Å². The van der Waals surface area contributed by atoms with E-state index in [1.807, 2.05) is 0 Å². The topological polar surface area (TPSA) is 29.6 Å². The van der Waals surface area contributed by atoms with Crippen LogP contribution in [-0.2, 0) is 0 Å². The van der Waals surface area contributed by atoms with E-state index < -0.39 is 0 Å². The van der Waals surface area contributed by atoms with E-state index in [-0.39, 0.29) is 0 Å². The summed E-state index contributed by atoms with van der Waals surface area (Å²) >= 11 is 0. The number of fused-ring (bicyclic) bond motifs is 10. The Labute approximate surface area is 289 Å². The standard InChI is InChI=1S/C47H31N3/c1-3-13-31(14-4-1)32-23-25-35(26-24-32)47-48-41(34-16-5-2-6-17-34)28-30-43(49-47)50-42-29-27-33-15-7-8-18-36(33)44(42)45-39-21-11-9-19-37(39)38-20-10-12-22-40(38)46(45)50/h1-27,29-30H,28H2. The van der Waals surface area contributed by atoms with Crippen LogP contribution in [0.1, 0.15) is 17.5 Å². The fourth-order valence-corrected chi connectivity index (χ4v) is 7.74. The highest BCUT2D eigenvalue weighted by molar-refractivity contribution is 6.36. The minimum absolute atomic E-state index is 0.648. The average molecular weight is 638 g/mol. The van der Waals surface area contributed by atoms with Gasteiger partial charge < -0.3 is 0 Å². The Kier molecular flexibility index (Phi) is 6.56. The number of aliphatic imine (C=N–C) groups is 2. The molecule has 8 aromatic carbocycles. The second-order valence-electron chi connectivity index (χ2n) is 12.9. The van der Waals surface area contributed by atoms with Crippen LogP contribution in [0, 0.1) is 0 Å². The smallest absolute Gasteiger partial charge is 0.161 e. The van der Waals surface area contributed by atoms with Crippen molar-refractivity contribution < 1.29 is 0 Å². The third kappa shape index (κ3) is 4.52. The van der Waals surface area contributed by atoms with Crippen LogP contribution >= 0.6 is 0 Å². The highest BCUT2D eigenvalue weighted by Crippen LogP contribution is 2.45. The van der Waals surface area contributed by atoms with E-state index in [0.717, 1.165) is 28.2 Å². The molecule has 0 radical (unpaired) electrons. The molecule has 1 aromatic heterocycles. The SMILES string of the molecule is C1=C(n2c3ccc4ccccc4c3c3c4ccccc4c4ccccc4c32)N=C(c2ccc(-c3ccccc3)cc2)N=C(c2ccccc2)C1. The molecule has 0 saturated carbocycles. The predicted octanol–water partition coefficient (Wildman–Crippen LogP) is 12.1. The third-order valence-corrected chi connectivity index (χ3v) is 10.1. The molecule has 0 N–H and O–H groups in total. The minimum Gasteiger partial charge on any atom is -0.293 e. The van der Waals surface area contributed by atoms with Gasteiger partial charge in [-0.15, -0.1) is 0 Å². The Balaban J connectivity index is 1.29. The molecule has 234 valence electrons. The molecular weight excluding hydrogens is 607 g/mol. The van der Waals surface area contributed by atoms with Gasteiger partial charge in [-0.05, 0) is 55.8 Å². The van der Waals surface area contributed by atoms with Crippen molar-refractivity contribution in [2.75, 3.05) is 0 Å². The number of hydrogen-bond acceptors (Lipinski definition) is 2. The van der Waals surface area contributed by atoms with Crippen LogP contribution < -0.4 is 0 Å². The maximum absolute atomic E-state index is 5.49. The van der Waals surface area contributed by atoms with Gasteiger partial charge in [-0.25, -0.2) is 9.98 Å². The van der Waals surface area contributed by atoms with E-state index in [0.29, 0.717) is 12.3 Å². The predicted molar refractivity (Wildman–Crippen MR) is 212 cm³/mol. The Morgan fingerprint density at radius 3 is 1.70 bits per heavy atom. The van der Waals surface area contributed by atoms with E-state index in [1.165, 1.54) is 59.7 Å². The number of allylic oxidation sites excluding steroid dienone is 1. The van der Waals surface area contributed by atoms with Crippen molar-refractivity contribution in [3.05, 3.63) is 187 Å². The third-order valence-electron chi connectivity index (χ3n) is 10.1. The summed E-state index contributed by atoms with van der Waals surface area (Å²) in [7, 11) is 0. The molecule has 0 bridgehead atoms. The van der Waals surface area contributed by atoms with Crippen molar-refractivity contribution in [3.8, 4) is 11.1 Å². The summed E-state index contributed by atoms with van der Waals surface area (Å²) in [6.45, 7) is 0. The normalized spacial score (nSPS) is 13.5. The first kappa shape index (κ1) is 28.4. The average Bonchev–Trinajstić information content (AvgIpc) is 3.40. The largest absolute Gasteiger partial charge is 0.293 e. The molecule has 3 heteroatoms. The Hall–Kier alpha value is -6.58. The van der Waals surface area contributed by atoms with Gasteiger partial charge in [-0.1, -0.05) is 164 Å². The van der Waals surface area contributed by atoms with Crippen LogP contribution in [0.25, 0.3) is 71.1 Å². The first-order chi connectivity index (χ1) is 24.8. The second-order valence-corrected chi connectivity index (χ2v) is 12.9. The van der Waals surface area contributed by atoms with Crippen molar-refractivity contribution in [1.29, 1.82) is 0 Å². The zero-order chi connectivity index (χ0) is 33.0. The van der Waals surface area contributed by atoms with Gasteiger partial charge in [-0.2, -0.15) is 0 Å². The molecule has 0 unspecified atom stereocenters. The van der Waals surface area contributed by atoms with E-state index in [9.17, 15) is 0 Å². The summed E-state index contributed by atoms with van der Waals surface area (Å²) in [5.74, 6) is 1.57. The highest BCUT2D eigenvalue weighted by atomic mass is 15.1. The summed E-state index contributed by atoms with van der Waals surface area (Å²) < 4.78 is 2.40. The fraction of sp³-hybridized carbons (Fsp3) is 0.0213. The van der Waals surface area contributed by atoms with Crippen molar-refractivity contribution >= 4 is 71.5 Å². The molecule has 0 spiro atoms. The molecule has 10 rings (SSSR count). The maximum Gasteiger partial charge on any atom is 0.161 e. The molecule has 9 aromatic rings. The van der Waals surface area contributed by atoms with Gasteiger partial charge in [0.1, 0.15) is 5.82 Å². The van der Waals surface area contributed by atoms with Gasteiger partial charge in [0.25, 0.3) is 0 Å². The highest BCUT2D eigenvalue weighted by Gasteiger charge is 2.23. The molecular formula is C47H31N3. The zero-order valence-electron chi connectivity index (χ0n) is 27.3. The molecule has 1 aliphatic heterocycles. The summed E-state index contributed by atoms with van der Waals surface area (Å²) in [6, 6.07) is 60.5. The van der Waals surface area contributed by atoms with Gasteiger partial charge >= 0.3 is 0 Å². The summed E-state index contributed by atoms with van der Waals surface area (Å²) in [5.41, 5.74) is 7.73. The van der Waals surface area contributed by atoms with Crippen molar-refractivity contribution in [1.82, 2.24) is 4.57 Å². The van der Waals surface area contributed by atoms with E-state index in [1.54, 1.807) is 0 Å². The van der Waals surface area contributed by atoms with Gasteiger partial charge in [0.05, 0.1) is 16.7 Å². The van der Waals surface area contributed by atoms with Crippen molar-refractivity contribution in [2.24, 2.45) is 9.98 Å². The molecule has 0 atom stereocenters. The van der Waals surface area contributed by atoms with Crippen LogP contribution in [0.5, 0.6) is 0 Å². The number of rotatable bonds is 4. The number of hydrogen-bond donors (Lipinski definition) is 0. The van der Waals surface area contributed by atoms with Gasteiger partial charge in [0, 0.05) is 28.1 Å². The minimum atomic E-state index is 0.648.